The van der Waals surface area contributed by atoms with Gasteiger partial charge in [0.05, 0.1) is 24.5 Å². The van der Waals surface area contributed by atoms with Crippen LogP contribution in [-0.2, 0) is 24.5 Å². The van der Waals surface area contributed by atoms with Crippen LogP contribution in [0.5, 0.6) is 0 Å². The Morgan fingerprint density at radius 3 is 2.35 bits per heavy atom. The van der Waals surface area contributed by atoms with E-state index in [1.165, 1.54) is 14.0 Å². The Morgan fingerprint density at radius 1 is 1.10 bits per heavy atom. The van der Waals surface area contributed by atoms with Gasteiger partial charge in [0.25, 0.3) is 17.6 Å². The van der Waals surface area contributed by atoms with Crippen LogP contribution in [0, 0.1) is 12.8 Å². The maximum Gasteiger partial charge on any atom is 0.326 e. The van der Waals surface area contributed by atoms with Crippen LogP contribution >= 0.6 is 0 Å². The first kappa shape index (κ1) is 28.1. The Balaban J connectivity index is 1.35. The predicted octanol–water partition coefficient (Wildman–Crippen LogP) is 2.62. The molecule has 3 aliphatic rings. The first-order chi connectivity index (χ1) is 18.6. The molecule has 1 saturated heterocycles. The molecule has 2 aliphatic heterocycles. The van der Waals surface area contributed by atoms with Crippen LogP contribution in [0.15, 0.2) is 30.3 Å². The first-order valence-corrected chi connectivity index (χ1v) is 14.6. The van der Waals surface area contributed by atoms with Gasteiger partial charge in [-0.2, -0.15) is 8.42 Å². The highest BCUT2D eigenvalue weighted by molar-refractivity contribution is 7.94. The van der Waals surface area contributed by atoms with Crippen molar-refractivity contribution in [2.45, 2.75) is 45.6 Å². The average Bonchev–Trinajstić information content (AvgIpc) is 3.45. The van der Waals surface area contributed by atoms with Gasteiger partial charge in [0.15, 0.2) is 5.60 Å². The van der Waals surface area contributed by atoms with Gasteiger partial charge in [-0.1, -0.05) is 0 Å². The lowest BCUT2D eigenvalue weighted by Crippen LogP contribution is -2.55. The lowest BCUT2D eigenvalue weighted by atomic mass is 10.0. The van der Waals surface area contributed by atoms with Crippen molar-refractivity contribution in [1.29, 1.82) is 0 Å². The third-order valence-electron chi connectivity index (χ3n) is 7.80. The van der Waals surface area contributed by atoms with E-state index in [-0.39, 0.29) is 18.9 Å². The fourth-order valence-electron chi connectivity index (χ4n) is 5.37. The van der Waals surface area contributed by atoms with Crippen molar-refractivity contribution in [1.82, 2.24) is 4.90 Å². The third-order valence-corrected chi connectivity index (χ3v) is 9.59. The second kappa shape index (κ2) is 9.57. The lowest BCUT2D eigenvalue weighted by molar-refractivity contribution is -0.351. The summed E-state index contributed by atoms with van der Waals surface area (Å²) in [5.41, 5.74) is 2.09. The van der Waals surface area contributed by atoms with Crippen molar-refractivity contribution in [3.05, 3.63) is 35.9 Å². The van der Waals surface area contributed by atoms with Gasteiger partial charge in [0.2, 0.25) is 0 Å². The van der Waals surface area contributed by atoms with Gasteiger partial charge in [-0.25, -0.2) is 13.8 Å². The number of rotatable bonds is 6. The molecule has 1 aromatic carbocycles. The van der Waals surface area contributed by atoms with Gasteiger partial charge in [0, 0.05) is 44.5 Å². The molecule has 1 aliphatic carbocycles. The molecule has 1 unspecified atom stereocenters. The number of anilines is 3. The van der Waals surface area contributed by atoms with Gasteiger partial charge in [-0.3, -0.25) is 23.1 Å². The number of fused-ring (bicyclic) bond motifs is 1. The van der Waals surface area contributed by atoms with Crippen molar-refractivity contribution in [3.63, 3.8) is 0 Å². The summed E-state index contributed by atoms with van der Waals surface area (Å²) in [6.45, 7) is 8.18. The Labute approximate surface area is 232 Å². The molecule has 216 valence electrons. The fraction of sp³-hybridized carbons (Fsp3) is 0.519. The average molecular weight is 579 g/mol. The number of aromatic amines is 1. The summed E-state index contributed by atoms with van der Waals surface area (Å²) in [5.74, 6) is -3.71. The number of ether oxygens (including phenoxy) is 1. The van der Waals surface area contributed by atoms with Crippen molar-refractivity contribution < 1.29 is 36.5 Å². The number of nitrogens with zero attached hydrogens (tertiary/aromatic N) is 4. The zero-order valence-corrected chi connectivity index (χ0v) is 24.0. The summed E-state index contributed by atoms with van der Waals surface area (Å²) in [7, 11) is -2.51. The van der Waals surface area contributed by atoms with Crippen LogP contribution in [0.3, 0.4) is 0 Å². The number of piperazine rings is 1. The number of amides is 1. The number of esters is 1. The molecule has 1 amide bonds. The van der Waals surface area contributed by atoms with Gasteiger partial charge < -0.3 is 9.64 Å². The molecule has 1 aromatic heterocycles. The summed E-state index contributed by atoms with van der Waals surface area (Å²) in [4.78, 5) is 31.6. The molecule has 2 aromatic rings. The molecule has 0 spiro atoms. The maximum absolute atomic E-state index is 13.6. The van der Waals surface area contributed by atoms with E-state index in [1.54, 1.807) is 36.9 Å². The standard InChI is InChI=1S/C27H33F2N5O5S/c1-17-6-9-23(32-10-12-33(13-11-32)25(36)26(3,4)39-18(2)35)30-24(17)19-7-8-21-22(14-19)31(5)40(37,38)34(21)16-20-15-27(20,28)29/h6-9,14,20H,10-13,15-16H2,1-5H3/p+1. The summed E-state index contributed by atoms with van der Waals surface area (Å²) in [6.07, 6.45) is -0.302. The van der Waals surface area contributed by atoms with E-state index in [0.717, 1.165) is 31.2 Å². The fourth-order valence-corrected chi connectivity index (χ4v) is 6.83. The topological polar surface area (TPSA) is 105 Å². The number of aromatic nitrogens is 1. The summed E-state index contributed by atoms with van der Waals surface area (Å²) in [5, 5.41) is 0. The number of carbonyl (C=O) groups is 2. The van der Waals surface area contributed by atoms with E-state index in [1.807, 2.05) is 19.1 Å². The van der Waals surface area contributed by atoms with Gasteiger partial charge >= 0.3 is 16.2 Å². The van der Waals surface area contributed by atoms with Crippen LogP contribution in [-0.4, -0.2) is 76.5 Å². The number of H-pyrrole nitrogens is 1. The molecular formula is C27H34F2N5O5S+. The minimum Gasteiger partial charge on any atom is -0.450 e. The number of hydrogen-bond donors (Lipinski definition) is 0. The van der Waals surface area contributed by atoms with Crippen LogP contribution in [0.25, 0.3) is 11.3 Å². The molecular weight excluding hydrogens is 544 g/mol. The molecule has 1 atom stereocenters. The second-order valence-electron chi connectivity index (χ2n) is 11.2. The van der Waals surface area contributed by atoms with Gasteiger partial charge in [-0.15, -0.1) is 0 Å². The molecule has 40 heavy (non-hydrogen) atoms. The molecule has 0 radical (unpaired) electrons. The molecule has 13 heteroatoms. The maximum atomic E-state index is 13.6. The first-order valence-electron chi connectivity index (χ1n) is 13.2. The molecule has 10 nitrogen and oxygen atoms in total. The Hall–Kier alpha value is -3.48. The highest BCUT2D eigenvalue weighted by atomic mass is 32.2. The monoisotopic (exact) mass is 578 g/mol. The normalized spacial score (nSPS) is 21.3. The second-order valence-corrected chi connectivity index (χ2v) is 13.0. The Morgan fingerprint density at radius 2 is 1.75 bits per heavy atom. The van der Waals surface area contributed by atoms with Crippen LogP contribution in [0.2, 0.25) is 0 Å². The molecule has 1 saturated carbocycles. The van der Waals surface area contributed by atoms with Crippen molar-refractivity contribution in [3.8, 4) is 11.3 Å². The highest BCUT2D eigenvalue weighted by Gasteiger charge is 2.59. The summed E-state index contributed by atoms with van der Waals surface area (Å²) >= 11 is 0. The third kappa shape index (κ3) is 4.95. The van der Waals surface area contributed by atoms with E-state index in [4.69, 9.17) is 4.74 Å². The van der Waals surface area contributed by atoms with E-state index >= 15 is 0 Å². The minimum absolute atomic E-state index is 0.243. The summed E-state index contributed by atoms with van der Waals surface area (Å²) in [6, 6.07) is 9.15. The zero-order chi connectivity index (χ0) is 29.2. The molecule has 2 fully saturated rings. The predicted molar refractivity (Wildman–Crippen MR) is 146 cm³/mol. The highest BCUT2D eigenvalue weighted by Crippen LogP contribution is 2.51. The summed E-state index contributed by atoms with van der Waals surface area (Å²) < 4.78 is 60.6. The number of benzene rings is 1. The number of halogens is 2. The largest absolute Gasteiger partial charge is 0.450 e. The Kier molecular flexibility index (Phi) is 6.71. The SMILES string of the molecule is CC(=O)OC(C)(C)C(=O)N1CCN(c2ccc(C)c(-c3ccc4c(c3)N(C)S(=O)(=O)N4CC3CC3(F)F)[nH+]2)CC1. The van der Waals surface area contributed by atoms with Crippen LogP contribution in [0.1, 0.15) is 32.8 Å². The van der Waals surface area contributed by atoms with Gasteiger partial charge in [0.1, 0.15) is 18.8 Å². The van der Waals surface area contributed by atoms with Crippen molar-refractivity contribution in [2.24, 2.45) is 5.92 Å². The molecule has 5 rings (SSSR count). The minimum atomic E-state index is -3.94. The quantitative estimate of drug-likeness (QED) is 0.489. The molecule has 3 heterocycles. The number of carbonyl (C=O) groups excluding carboxylic acids is 2. The van der Waals surface area contributed by atoms with Crippen molar-refractivity contribution in [2.75, 3.05) is 53.3 Å². The van der Waals surface area contributed by atoms with E-state index in [9.17, 15) is 26.8 Å². The number of nitrogens with one attached hydrogen (secondary N) is 1. The Bertz CT molecular complexity index is 1470. The molecule has 1 N–H and O–H groups in total. The van der Waals surface area contributed by atoms with E-state index in [2.05, 4.69) is 9.88 Å². The zero-order valence-electron chi connectivity index (χ0n) is 23.2. The lowest BCUT2D eigenvalue weighted by Gasteiger charge is -2.35. The molecule has 0 bridgehead atoms. The van der Waals surface area contributed by atoms with E-state index in [0.29, 0.717) is 37.6 Å². The van der Waals surface area contributed by atoms with Crippen LogP contribution in [0.4, 0.5) is 26.0 Å². The van der Waals surface area contributed by atoms with Gasteiger partial charge in [-0.05, 0) is 50.6 Å². The van der Waals surface area contributed by atoms with E-state index < -0.39 is 33.6 Å². The number of alkyl halides is 2. The van der Waals surface area contributed by atoms with Crippen LogP contribution < -0.4 is 18.5 Å². The number of pyridine rings is 1. The number of hydrogen-bond acceptors (Lipinski definition) is 6. The number of aryl methyl sites for hydroxylation is 1. The smallest absolute Gasteiger partial charge is 0.326 e. The van der Waals surface area contributed by atoms with Crippen molar-refractivity contribution >= 4 is 39.3 Å².